The second-order valence-electron chi connectivity index (χ2n) is 7.98. The molecule has 0 aromatic rings. The summed E-state index contributed by atoms with van der Waals surface area (Å²) in [6.45, 7) is 7.90. The van der Waals surface area contributed by atoms with E-state index in [1.807, 2.05) is 0 Å². The molecule has 1 heterocycles. The smallest absolute Gasteiger partial charge is 0.0772 e. The van der Waals surface area contributed by atoms with Crippen molar-refractivity contribution in [3.05, 3.63) is 0 Å². The van der Waals surface area contributed by atoms with Gasteiger partial charge in [-0.05, 0) is 50.4 Å². The van der Waals surface area contributed by atoms with Gasteiger partial charge in [-0.1, -0.05) is 13.8 Å². The molecule has 1 atom stereocenters. The monoisotopic (exact) mass is 266 g/mol. The zero-order valence-corrected chi connectivity index (χ0v) is 12.6. The summed E-state index contributed by atoms with van der Waals surface area (Å²) in [5.74, 6) is 0. The lowest BCUT2D eigenvalue weighted by atomic mass is 9.71. The summed E-state index contributed by atoms with van der Waals surface area (Å²) in [5, 5.41) is 14.3. The predicted octanol–water partition coefficient (Wildman–Crippen LogP) is 2.14. The molecule has 1 unspecified atom stereocenters. The molecule has 1 saturated heterocycles. The van der Waals surface area contributed by atoms with Crippen molar-refractivity contribution in [1.29, 1.82) is 0 Å². The van der Waals surface area contributed by atoms with Crippen molar-refractivity contribution >= 4 is 0 Å². The molecular weight excluding hydrogens is 236 g/mol. The largest absolute Gasteiger partial charge is 0.389 e. The fourth-order valence-corrected chi connectivity index (χ4v) is 3.63. The number of likely N-dealkylation sites (tertiary alicyclic amines) is 1. The van der Waals surface area contributed by atoms with E-state index in [0.717, 1.165) is 38.3 Å². The average Bonchev–Trinajstić information content (AvgIpc) is 3.11. The number of nitrogens with zero attached hydrogens (tertiary/aromatic N) is 1. The van der Waals surface area contributed by atoms with Crippen LogP contribution in [0.1, 0.15) is 58.8 Å². The molecule has 2 aliphatic carbocycles. The Bertz CT molecular complexity index is 315. The van der Waals surface area contributed by atoms with Crippen LogP contribution in [0.5, 0.6) is 0 Å². The maximum Gasteiger partial charge on any atom is 0.0772 e. The Labute approximate surface area is 117 Å². The van der Waals surface area contributed by atoms with Gasteiger partial charge in [0.05, 0.1) is 5.60 Å². The highest BCUT2D eigenvalue weighted by Crippen LogP contribution is 2.40. The van der Waals surface area contributed by atoms with E-state index in [2.05, 4.69) is 24.1 Å². The summed E-state index contributed by atoms with van der Waals surface area (Å²) in [6.07, 6.45) is 8.32. The van der Waals surface area contributed by atoms with Crippen LogP contribution in [-0.2, 0) is 0 Å². The van der Waals surface area contributed by atoms with Crippen LogP contribution in [0.4, 0.5) is 0 Å². The molecule has 0 aromatic carbocycles. The van der Waals surface area contributed by atoms with Gasteiger partial charge >= 0.3 is 0 Å². The molecule has 19 heavy (non-hydrogen) atoms. The highest BCUT2D eigenvalue weighted by atomic mass is 16.3. The molecular formula is C16H30N2O. The van der Waals surface area contributed by atoms with Crippen LogP contribution >= 0.6 is 0 Å². The van der Waals surface area contributed by atoms with Crippen LogP contribution in [0.3, 0.4) is 0 Å². The Morgan fingerprint density at radius 3 is 2.42 bits per heavy atom. The average molecular weight is 266 g/mol. The minimum absolute atomic E-state index is 0.433. The topological polar surface area (TPSA) is 35.5 Å². The zero-order valence-electron chi connectivity index (χ0n) is 12.6. The maximum absolute atomic E-state index is 10.7. The summed E-state index contributed by atoms with van der Waals surface area (Å²) >= 11 is 0. The molecule has 3 aliphatic rings. The van der Waals surface area contributed by atoms with E-state index in [-0.39, 0.29) is 0 Å². The van der Waals surface area contributed by atoms with Crippen LogP contribution in [0.25, 0.3) is 0 Å². The van der Waals surface area contributed by atoms with Crippen molar-refractivity contribution in [2.24, 2.45) is 5.41 Å². The minimum atomic E-state index is -0.442. The zero-order chi connectivity index (χ0) is 13.5. The van der Waals surface area contributed by atoms with Crippen molar-refractivity contribution in [3.8, 4) is 0 Å². The first-order valence-electron chi connectivity index (χ1n) is 8.16. The molecule has 3 rings (SSSR count). The van der Waals surface area contributed by atoms with Crippen molar-refractivity contribution in [1.82, 2.24) is 10.2 Å². The normalized spacial score (nSPS) is 34.6. The van der Waals surface area contributed by atoms with Crippen molar-refractivity contribution in [2.45, 2.75) is 76.5 Å². The summed E-state index contributed by atoms with van der Waals surface area (Å²) in [6, 6.07) is 1.50. The van der Waals surface area contributed by atoms with Gasteiger partial charge < -0.3 is 10.4 Å². The van der Waals surface area contributed by atoms with E-state index in [1.165, 1.54) is 32.4 Å². The van der Waals surface area contributed by atoms with E-state index < -0.39 is 5.60 Å². The SMILES string of the molecule is CC1(C)CCC(O)(CNC2CCN(C3CC3)C2)CC1. The van der Waals surface area contributed by atoms with Gasteiger partial charge in [0.1, 0.15) is 0 Å². The Kier molecular flexibility index (Phi) is 3.65. The first kappa shape index (κ1) is 13.8. The van der Waals surface area contributed by atoms with Gasteiger partial charge in [0.15, 0.2) is 0 Å². The number of nitrogens with one attached hydrogen (secondary N) is 1. The van der Waals surface area contributed by atoms with Gasteiger partial charge in [-0.15, -0.1) is 0 Å². The quantitative estimate of drug-likeness (QED) is 0.818. The van der Waals surface area contributed by atoms with Crippen LogP contribution in [0.15, 0.2) is 0 Å². The van der Waals surface area contributed by atoms with Crippen LogP contribution < -0.4 is 5.32 Å². The molecule has 0 amide bonds. The standard InChI is InChI=1S/C16H30N2O/c1-15(2)6-8-16(19,9-7-15)12-17-13-5-10-18(11-13)14-3-4-14/h13-14,17,19H,3-12H2,1-2H3. The van der Waals surface area contributed by atoms with Gasteiger partial charge in [-0.3, -0.25) is 4.90 Å². The fraction of sp³-hybridized carbons (Fsp3) is 1.00. The highest BCUT2D eigenvalue weighted by molar-refractivity contribution is 4.95. The molecule has 2 saturated carbocycles. The number of hydrogen-bond acceptors (Lipinski definition) is 3. The Hall–Kier alpha value is -0.120. The summed E-state index contributed by atoms with van der Waals surface area (Å²) in [7, 11) is 0. The lowest BCUT2D eigenvalue weighted by Crippen LogP contribution is -2.48. The van der Waals surface area contributed by atoms with Gasteiger partial charge in [0, 0.05) is 31.7 Å². The van der Waals surface area contributed by atoms with Crippen LogP contribution in [0, 0.1) is 5.41 Å². The first-order valence-corrected chi connectivity index (χ1v) is 8.16. The van der Waals surface area contributed by atoms with Crippen molar-refractivity contribution < 1.29 is 5.11 Å². The number of hydrogen-bond donors (Lipinski definition) is 2. The van der Waals surface area contributed by atoms with Crippen LogP contribution in [0.2, 0.25) is 0 Å². The van der Waals surface area contributed by atoms with Gasteiger partial charge in [-0.2, -0.15) is 0 Å². The molecule has 0 aromatic heterocycles. The molecule has 3 nitrogen and oxygen atoms in total. The highest BCUT2D eigenvalue weighted by Gasteiger charge is 2.38. The van der Waals surface area contributed by atoms with Crippen molar-refractivity contribution in [3.63, 3.8) is 0 Å². The van der Waals surface area contributed by atoms with Crippen molar-refractivity contribution in [2.75, 3.05) is 19.6 Å². The summed E-state index contributed by atoms with van der Waals surface area (Å²) < 4.78 is 0. The molecule has 110 valence electrons. The maximum atomic E-state index is 10.7. The molecule has 3 fully saturated rings. The van der Waals surface area contributed by atoms with Gasteiger partial charge in [0.25, 0.3) is 0 Å². The second-order valence-corrected chi connectivity index (χ2v) is 7.98. The second kappa shape index (κ2) is 5.01. The predicted molar refractivity (Wildman–Crippen MR) is 78.2 cm³/mol. The van der Waals surface area contributed by atoms with E-state index in [0.29, 0.717) is 11.5 Å². The first-order chi connectivity index (χ1) is 8.96. The van der Waals surface area contributed by atoms with Crippen LogP contribution in [-0.4, -0.2) is 47.3 Å². The molecule has 0 bridgehead atoms. The van der Waals surface area contributed by atoms with Gasteiger partial charge in [0.2, 0.25) is 0 Å². The summed E-state index contributed by atoms with van der Waals surface area (Å²) in [4.78, 5) is 2.63. The molecule has 0 spiro atoms. The van der Waals surface area contributed by atoms with Gasteiger partial charge in [-0.25, -0.2) is 0 Å². The lowest BCUT2D eigenvalue weighted by molar-refractivity contribution is -0.0258. The molecule has 2 N–H and O–H groups in total. The Morgan fingerprint density at radius 2 is 1.79 bits per heavy atom. The van der Waals surface area contributed by atoms with E-state index in [4.69, 9.17) is 0 Å². The molecule has 3 heteroatoms. The Morgan fingerprint density at radius 1 is 1.11 bits per heavy atom. The minimum Gasteiger partial charge on any atom is -0.389 e. The summed E-state index contributed by atoms with van der Waals surface area (Å²) in [5.41, 5.74) is -0.00905. The van der Waals surface area contributed by atoms with E-state index in [9.17, 15) is 5.11 Å². The van der Waals surface area contributed by atoms with E-state index >= 15 is 0 Å². The third-order valence-corrected chi connectivity index (χ3v) is 5.54. The fourth-order valence-electron chi connectivity index (χ4n) is 3.63. The Balaban J connectivity index is 1.42. The third-order valence-electron chi connectivity index (χ3n) is 5.54. The lowest BCUT2D eigenvalue weighted by Gasteiger charge is -2.40. The molecule has 0 radical (unpaired) electrons. The third kappa shape index (κ3) is 3.50. The number of rotatable bonds is 4. The molecule has 1 aliphatic heterocycles. The number of aliphatic hydroxyl groups is 1. The van der Waals surface area contributed by atoms with E-state index in [1.54, 1.807) is 0 Å².